The van der Waals surface area contributed by atoms with Crippen molar-refractivity contribution < 1.29 is 27.5 Å². The number of aromatic nitrogens is 4. The van der Waals surface area contributed by atoms with Crippen LogP contribution in [0.4, 0.5) is 24.8 Å². The Bertz CT molecular complexity index is 1820. The Labute approximate surface area is 266 Å². The molecule has 6 radical (unpaired) electrons. The summed E-state index contributed by atoms with van der Waals surface area (Å²) in [6.07, 6.45) is -0.772. The van der Waals surface area contributed by atoms with Crippen LogP contribution in [0.3, 0.4) is 0 Å². The van der Waals surface area contributed by atoms with Gasteiger partial charge in [0.05, 0.1) is 47.7 Å². The first-order chi connectivity index (χ1) is 21.7. The molecule has 10 nitrogen and oxygen atoms in total. The van der Waals surface area contributed by atoms with Crippen LogP contribution in [0.25, 0.3) is 16.8 Å². The lowest BCUT2D eigenvalue weighted by Crippen LogP contribution is -2.55. The summed E-state index contributed by atoms with van der Waals surface area (Å²) >= 11 is 0. The van der Waals surface area contributed by atoms with Crippen molar-refractivity contribution in [2.24, 2.45) is 5.41 Å². The molecule has 2 aliphatic rings. The fraction of sp³-hybridized carbons (Fsp3) is 0.367. The lowest BCUT2D eigenvalue weighted by Gasteiger charge is -2.42. The molecular formula is C30H27B3F3N7O3. The standard InChI is InChI=1S/C30H27B3F3N7O3/c1-28(14-46-15-28)27(45)42-10-2-3-18(13-42)25-41-22(23-24(37)39-12-20(43(23)25)29(31,32)33)16-4-6-17(7-5-16)26(44)40-21-11-19(8-9-38-21)30(34,35)36/h4-9,11-12,18H,2-3,10,13-15H2,1H3,(H2,37,39)(H,38,40,44)/t18-/m1/s1. The van der Waals surface area contributed by atoms with E-state index in [-0.39, 0.29) is 34.7 Å². The zero-order valence-corrected chi connectivity index (χ0v) is 24.8. The van der Waals surface area contributed by atoms with Gasteiger partial charge in [-0.25, -0.2) is 15.0 Å². The van der Waals surface area contributed by atoms with Crippen LogP contribution in [0, 0.1) is 5.41 Å². The molecule has 3 N–H and O–H groups in total. The van der Waals surface area contributed by atoms with Crippen molar-refractivity contribution in [3.05, 3.63) is 71.4 Å². The second-order valence-electron chi connectivity index (χ2n) is 12.1. The molecule has 230 valence electrons. The quantitative estimate of drug-likeness (QED) is 0.317. The average molecular weight is 623 g/mol. The summed E-state index contributed by atoms with van der Waals surface area (Å²) in [5, 5.41) is 0.577. The smallest absolute Gasteiger partial charge is 0.382 e. The van der Waals surface area contributed by atoms with Crippen molar-refractivity contribution in [2.45, 2.75) is 37.0 Å². The van der Waals surface area contributed by atoms with Gasteiger partial charge in [-0.3, -0.25) is 14.0 Å². The van der Waals surface area contributed by atoms with Gasteiger partial charge in [-0.1, -0.05) is 17.2 Å². The lowest BCUT2D eigenvalue weighted by molar-refractivity contribution is -0.170. The SMILES string of the molecule is [B]C([B])([B])c1cnc(N)c2c(-c3ccc(C(=O)Nc4cc(C(F)(F)F)ccn4)cc3)nc([C@@H]3CCCN(C(=O)C4(C)COC4)C3)n12. The number of benzene rings is 1. The fourth-order valence-corrected chi connectivity index (χ4v) is 5.88. The number of carbonyl (C=O) groups excluding carboxylic acids is 2. The van der Waals surface area contributed by atoms with E-state index in [0.29, 0.717) is 55.3 Å². The predicted octanol–water partition coefficient (Wildman–Crippen LogP) is 3.00. The summed E-state index contributed by atoms with van der Waals surface area (Å²) in [7, 11) is 18.5. The molecule has 1 atom stereocenters. The van der Waals surface area contributed by atoms with Gasteiger partial charge < -0.3 is 20.7 Å². The highest BCUT2D eigenvalue weighted by molar-refractivity contribution is 6.58. The van der Waals surface area contributed by atoms with Crippen LogP contribution < -0.4 is 11.1 Å². The maximum atomic E-state index is 13.4. The minimum Gasteiger partial charge on any atom is -0.382 e. The largest absolute Gasteiger partial charge is 0.416 e. The van der Waals surface area contributed by atoms with Gasteiger partial charge in [0.1, 0.15) is 28.7 Å². The number of fused-ring (bicyclic) bond motifs is 1. The third kappa shape index (κ3) is 5.86. The first-order valence-electron chi connectivity index (χ1n) is 14.5. The number of hydrogen-bond acceptors (Lipinski definition) is 7. The van der Waals surface area contributed by atoms with Gasteiger partial charge >= 0.3 is 6.18 Å². The Morgan fingerprint density at radius 3 is 2.46 bits per heavy atom. The molecule has 0 saturated carbocycles. The number of anilines is 2. The number of halogens is 3. The van der Waals surface area contributed by atoms with Crippen LogP contribution >= 0.6 is 0 Å². The zero-order chi connectivity index (χ0) is 33.0. The number of piperidine rings is 1. The summed E-state index contributed by atoms with van der Waals surface area (Å²) in [5.74, 6) is -0.434. The summed E-state index contributed by atoms with van der Waals surface area (Å²) < 4.78 is 46.3. The number of ether oxygens (including phenoxy) is 1. The number of nitrogens with one attached hydrogen (secondary N) is 1. The van der Waals surface area contributed by atoms with E-state index in [9.17, 15) is 22.8 Å². The second-order valence-corrected chi connectivity index (χ2v) is 12.1. The number of likely N-dealkylation sites (tertiary alicyclic amines) is 1. The molecule has 5 heterocycles. The summed E-state index contributed by atoms with van der Waals surface area (Å²) in [4.78, 5) is 41.1. The Morgan fingerprint density at radius 1 is 1.11 bits per heavy atom. The monoisotopic (exact) mass is 623 g/mol. The molecule has 16 heteroatoms. The van der Waals surface area contributed by atoms with Crippen LogP contribution in [0.2, 0.25) is 0 Å². The van der Waals surface area contributed by atoms with Crippen LogP contribution in [-0.2, 0) is 20.8 Å². The summed E-state index contributed by atoms with van der Waals surface area (Å²) in [6, 6.07) is 7.82. The summed E-state index contributed by atoms with van der Waals surface area (Å²) in [5.41, 5.74) is 6.68. The van der Waals surface area contributed by atoms with Gasteiger partial charge in [-0.2, -0.15) is 13.2 Å². The van der Waals surface area contributed by atoms with E-state index in [1.54, 1.807) is 16.5 Å². The lowest BCUT2D eigenvalue weighted by atomic mass is 9.41. The van der Waals surface area contributed by atoms with E-state index >= 15 is 0 Å². The molecular weight excluding hydrogens is 596 g/mol. The highest BCUT2D eigenvalue weighted by Crippen LogP contribution is 2.38. The molecule has 2 aliphatic heterocycles. The van der Waals surface area contributed by atoms with Crippen LogP contribution in [0.5, 0.6) is 0 Å². The molecule has 0 aliphatic carbocycles. The van der Waals surface area contributed by atoms with Crippen molar-refractivity contribution in [3.8, 4) is 11.3 Å². The van der Waals surface area contributed by atoms with E-state index < -0.39 is 28.2 Å². The highest BCUT2D eigenvalue weighted by Gasteiger charge is 2.45. The maximum absolute atomic E-state index is 13.4. The third-order valence-electron chi connectivity index (χ3n) is 8.34. The first kappa shape index (κ1) is 31.6. The van der Waals surface area contributed by atoms with Gasteiger partial charge in [0.25, 0.3) is 5.91 Å². The number of carbonyl (C=O) groups is 2. The molecule has 2 saturated heterocycles. The van der Waals surface area contributed by atoms with Crippen LogP contribution in [-0.4, -0.2) is 85.9 Å². The van der Waals surface area contributed by atoms with Crippen molar-refractivity contribution >= 4 is 52.5 Å². The number of nitrogen functional groups attached to an aromatic ring is 1. The van der Waals surface area contributed by atoms with Gasteiger partial charge in [0.2, 0.25) is 5.91 Å². The Hall–Kier alpha value is -4.33. The molecule has 0 spiro atoms. The van der Waals surface area contributed by atoms with Gasteiger partial charge in [0.15, 0.2) is 0 Å². The second kappa shape index (κ2) is 11.5. The average Bonchev–Trinajstić information content (AvgIpc) is 3.40. The van der Waals surface area contributed by atoms with Gasteiger partial charge in [0, 0.05) is 48.2 Å². The van der Waals surface area contributed by atoms with Crippen molar-refractivity contribution in [1.82, 2.24) is 24.3 Å². The molecule has 4 aromatic rings. The molecule has 2 fully saturated rings. The third-order valence-corrected chi connectivity index (χ3v) is 8.34. The maximum Gasteiger partial charge on any atom is 0.416 e. The number of rotatable bonds is 6. The van der Waals surface area contributed by atoms with Crippen molar-refractivity contribution in [2.75, 3.05) is 37.4 Å². The molecule has 6 rings (SSSR count). The molecule has 0 bridgehead atoms. The number of hydrogen-bond donors (Lipinski definition) is 2. The topological polar surface area (TPSA) is 128 Å². The Kier molecular flexibility index (Phi) is 7.90. The zero-order valence-electron chi connectivity index (χ0n) is 24.8. The first-order valence-corrected chi connectivity index (χ1v) is 14.5. The number of nitrogens with zero attached hydrogens (tertiary/aromatic N) is 5. The minimum atomic E-state index is -4.58. The minimum absolute atomic E-state index is 0.0194. The van der Waals surface area contributed by atoms with Gasteiger partial charge in [-0.05, 0) is 44.0 Å². The molecule has 2 amide bonds. The number of imidazole rings is 1. The number of alkyl halides is 3. The molecule has 46 heavy (non-hydrogen) atoms. The van der Waals surface area contributed by atoms with E-state index in [1.165, 1.54) is 18.3 Å². The number of amides is 2. The van der Waals surface area contributed by atoms with Gasteiger partial charge in [-0.15, -0.1) is 0 Å². The molecule has 1 aromatic carbocycles. The molecule has 0 unspecified atom stereocenters. The highest BCUT2D eigenvalue weighted by atomic mass is 19.4. The molecule has 3 aromatic heterocycles. The van der Waals surface area contributed by atoms with Crippen molar-refractivity contribution in [1.29, 1.82) is 0 Å². The van der Waals surface area contributed by atoms with E-state index in [1.807, 2.05) is 11.8 Å². The fourth-order valence-electron chi connectivity index (χ4n) is 5.88. The predicted molar refractivity (Wildman–Crippen MR) is 166 cm³/mol. The van der Waals surface area contributed by atoms with Crippen molar-refractivity contribution in [3.63, 3.8) is 0 Å². The van der Waals surface area contributed by atoms with E-state index in [2.05, 4.69) is 15.3 Å². The Morgan fingerprint density at radius 2 is 1.83 bits per heavy atom. The normalized spacial score (nSPS) is 18.3. The van der Waals surface area contributed by atoms with E-state index in [0.717, 1.165) is 24.8 Å². The Balaban J connectivity index is 1.35. The van der Waals surface area contributed by atoms with Crippen LogP contribution in [0.1, 0.15) is 53.1 Å². The number of pyridine rings is 1. The number of nitrogens with two attached hydrogens (primary N) is 1. The van der Waals surface area contributed by atoms with Crippen LogP contribution in [0.15, 0.2) is 48.8 Å². The summed E-state index contributed by atoms with van der Waals surface area (Å²) in [6.45, 7) is 3.63. The van der Waals surface area contributed by atoms with E-state index in [4.69, 9.17) is 39.0 Å².